The third kappa shape index (κ3) is 1.98. The molecule has 2 rings (SSSR count). The Kier molecular flexibility index (Phi) is 2.53. The molecule has 2 aromatic rings. The van der Waals surface area contributed by atoms with Crippen molar-refractivity contribution in [2.24, 2.45) is 12.2 Å². The molecule has 0 fully saturated rings. The highest BCUT2D eigenvalue weighted by molar-refractivity contribution is 7.89. The van der Waals surface area contributed by atoms with Crippen LogP contribution < -0.4 is 5.14 Å². The van der Waals surface area contributed by atoms with Crippen LogP contribution in [0.4, 0.5) is 0 Å². The van der Waals surface area contributed by atoms with Crippen LogP contribution in [0.3, 0.4) is 0 Å². The van der Waals surface area contributed by atoms with Crippen LogP contribution in [-0.4, -0.2) is 18.2 Å². The molecule has 0 aliphatic carbocycles. The number of rotatable bonds is 2. The Labute approximate surface area is 93.6 Å². The number of nitrogens with zero attached hydrogens (tertiary/aromatic N) is 2. The first-order valence-electron chi connectivity index (χ1n) is 4.60. The molecule has 0 amide bonds. The first-order valence-corrected chi connectivity index (χ1v) is 6.14. The SMILES string of the molecule is Cn1nccc1-c1cccc(S(N)(=O)=O)c1. The second kappa shape index (κ2) is 3.73. The van der Waals surface area contributed by atoms with Gasteiger partial charge in [0.1, 0.15) is 0 Å². The van der Waals surface area contributed by atoms with Crippen molar-refractivity contribution in [2.45, 2.75) is 4.90 Å². The lowest BCUT2D eigenvalue weighted by molar-refractivity contribution is 0.598. The zero-order chi connectivity index (χ0) is 11.8. The molecule has 0 atom stereocenters. The molecule has 1 aromatic heterocycles. The van der Waals surface area contributed by atoms with Crippen LogP contribution in [0.1, 0.15) is 0 Å². The Morgan fingerprint density at radius 2 is 2.06 bits per heavy atom. The number of benzene rings is 1. The van der Waals surface area contributed by atoms with E-state index in [9.17, 15) is 8.42 Å². The van der Waals surface area contributed by atoms with Crippen LogP contribution in [0.25, 0.3) is 11.3 Å². The first-order chi connectivity index (χ1) is 7.48. The summed E-state index contributed by atoms with van der Waals surface area (Å²) in [6, 6.07) is 8.28. The van der Waals surface area contributed by atoms with Crippen molar-refractivity contribution in [3.63, 3.8) is 0 Å². The van der Waals surface area contributed by atoms with Gasteiger partial charge in [-0.1, -0.05) is 12.1 Å². The zero-order valence-electron chi connectivity index (χ0n) is 8.66. The van der Waals surface area contributed by atoms with Crippen molar-refractivity contribution in [1.82, 2.24) is 9.78 Å². The predicted molar refractivity (Wildman–Crippen MR) is 60.0 cm³/mol. The van der Waals surface area contributed by atoms with Gasteiger partial charge in [0.25, 0.3) is 0 Å². The van der Waals surface area contributed by atoms with E-state index in [-0.39, 0.29) is 4.90 Å². The summed E-state index contributed by atoms with van der Waals surface area (Å²) in [6.45, 7) is 0. The molecule has 84 valence electrons. The average molecular weight is 237 g/mol. The predicted octanol–water partition coefficient (Wildman–Crippen LogP) is 0.735. The van der Waals surface area contributed by atoms with E-state index in [0.717, 1.165) is 11.3 Å². The summed E-state index contributed by atoms with van der Waals surface area (Å²) in [5.41, 5.74) is 1.61. The smallest absolute Gasteiger partial charge is 0.238 e. The molecule has 5 nitrogen and oxygen atoms in total. The molecule has 0 spiro atoms. The van der Waals surface area contributed by atoms with Crippen LogP contribution in [0.5, 0.6) is 0 Å². The Bertz CT molecular complexity index is 616. The van der Waals surface area contributed by atoms with Crippen LogP contribution in [0, 0.1) is 0 Å². The molecule has 0 saturated heterocycles. The van der Waals surface area contributed by atoms with Gasteiger partial charge < -0.3 is 0 Å². The maximum Gasteiger partial charge on any atom is 0.238 e. The fourth-order valence-electron chi connectivity index (χ4n) is 1.49. The van der Waals surface area contributed by atoms with Gasteiger partial charge in [0.2, 0.25) is 10.0 Å². The summed E-state index contributed by atoms with van der Waals surface area (Å²) in [5.74, 6) is 0. The maximum absolute atomic E-state index is 11.2. The van der Waals surface area contributed by atoms with E-state index in [1.807, 2.05) is 12.1 Å². The minimum absolute atomic E-state index is 0.103. The van der Waals surface area contributed by atoms with E-state index in [2.05, 4.69) is 5.10 Å². The van der Waals surface area contributed by atoms with Crippen molar-refractivity contribution < 1.29 is 8.42 Å². The van der Waals surface area contributed by atoms with E-state index >= 15 is 0 Å². The lowest BCUT2D eigenvalue weighted by Crippen LogP contribution is -2.12. The molecule has 0 bridgehead atoms. The highest BCUT2D eigenvalue weighted by Crippen LogP contribution is 2.20. The Morgan fingerprint density at radius 1 is 1.31 bits per heavy atom. The fourth-order valence-corrected chi connectivity index (χ4v) is 2.05. The highest BCUT2D eigenvalue weighted by atomic mass is 32.2. The fraction of sp³-hybridized carbons (Fsp3) is 0.100. The largest absolute Gasteiger partial charge is 0.268 e. The molecule has 16 heavy (non-hydrogen) atoms. The van der Waals surface area contributed by atoms with Gasteiger partial charge in [0, 0.05) is 18.8 Å². The van der Waals surface area contributed by atoms with Crippen LogP contribution in [0.2, 0.25) is 0 Å². The number of aromatic nitrogens is 2. The van der Waals surface area contributed by atoms with Crippen LogP contribution in [0.15, 0.2) is 41.4 Å². The highest BCUT2D eigenvalue weighted by Gasteiger charge is 2.09. The van der Waals surface area contributed by atoms with Gasteiger partial charge in [-0.3, -0.25) is 4.68 Å². The molecule has 0 aliphatic rings. The van der Waals surface area contributed by atoms with E-state index < -0.39 is 10.0 Å². The summed E-state index contributed by atoms with van der Waals surface area (Å²) in [4.78, 5) is 0.103. The average Bonchev–Trinajstić information content (AvgIpc) is 2.63. The molecule has 0 saturated carbocycles. The second-order valence-corrected chi connectivity index (χ2v) is 4.97. The number of hydrogen-bond acceptors (Lipinski definition) is 3. The number of sulfonamides is 1. The zero-order valence-corrected chi connectivity index (χ0v) is 9.48. The van der Waals surface area contributed by atoms with Gasteiger partial charge in [0.15, 0.2) is 0 Å². The van der Waals surface area contributed by atoms with Crippen molar-refractivity contribution in [1.29, 1.82) is 0 Å². The molecular weight excluding hydrogens is 226 g/mol. The standard InChI is InChI=1S/C10H11N3O2S/c1-13-10(5-6-12-13)8-3-2-4-9(7-8)16(11,14)15/h2-7H,1H3,(H2,11,14,15). The molecule has 0 aliphatic heterocycles. The van der Waals surface area contributed by atoms with Gasteiger partial charge in [-0.2, -0.15) is 5.10 Å². The lowest BCUT2D eigenvalue weighted by Gasteiger charge is -2.04. The second-order valence-electron chi connectivity index (χ2n) is 3.41. The van der Waals surface area contributed by atoms with E-state index in [1.54, 1.807) is 24.0 Å². The van der Waals surface area contributed by atoms with Crippen molar-refractivity contribution >= 4 is 10.0 Å². The third-order valence-electron chi connectivity index (χ3n) is 2.28. The molecule has 6 heteroatoms. The van der Waals surface area contributed by atoms with Crippen molar-refractivity contribution in [3.8, 4) is 11.3 Å². The number of hydrogen-bond donors (Lipinski definition) is 1. The van der Waals surface area contributed by atoms with Gasteiger partial charge in [-0.05, 0) is 18.2 Å². The maximum atomic E-state index is 11.2. The Balaban J connectivity index is 2.57. The van der Waals surface area contributed by atoms with Gasteiger partial charge in [-0.25, -0.2) is 13.6 Å². The van der Waals surface area contributed by atoms with Gasteiger partial charge in [0.05, 0.1) is 10.6 Å². The van der Waals surface area contributed by atoms with Crippen molar-refractivity contribution in [2.75, 3.05) is 0 Å². The molecule has 0 unspecified atom stereocenters. The third-order valence-corrected chi connectivity index (χ3v) is 3.19. The minimum Gasteiger partial charge on any atom is -0.268 e. The number of primary sulfonamides is 1. The molecule has 0 radical (unpaired) electrons. The molecule has 1 aromatic carbocycles. The topological polar surface area (TPSA) is 78.0 Å². The summed E-state index contributed by atoms with van der Waals surface area (Å²) in [5, 5.41) is 9.09. The van der Waals surface area contributed by atoms with Crippen LogP contribution in [-0.2, 0) is 17.1 Å². The molecule has 2 N–H and O–H groups in total. The van der Waals surface area contributed by atoms with E-state index in [4.69, 9.17) is 5.14 Å². The first kappa shape index (κ1) is 10.8. The summed E-state index contributed by atoms with van der Waals surface area (Å²) in [7, 11) is -1.87. The quantitative estimate of drug-likeness (QED) is 0.836. The monoisotopic (exact) mass is 237 g/mol. The van der Waals surface area contributed by atoms with Crippen molar-refractivity contribution in [3.05, 3.63) is 36.5 Å². The van der Waals surface area contributed by atoms with E-state index in [0.29, 0.717) is 0 Å². The number of aryl methyl sites for hydroxylation is 1. The normalized spacial score (nSPS) is 11.6. The number of nitrogens with two attached hydrogens (primary N) is 1. The van der Waals surface area contributed by atoms with E-state index in [1.165, 1.54) is 12.1 Å². The Morgan fingerprint density at radius 3 is 2.62 bits per heavy atom. The van der Waals surface area contributed by atoms with Gasteiger partial charge in [-0.15, -0.1) is 0 Å². The summed E-state index contributed by atoms with van der Waals surface area (Å²) >= 11 is 0. The minimum atomic E-state index is -3.66. The Hall–Kier alpha value is -1.66. The lowest BCUT2D eigenvalue weighted by atomic mass is 10.1. The molecule has 1 heterocycles. The van der Waals surface area contributed by atoms with Gasteiger partial charge >= 0.3 is 0 Å². The van der Waals surface area contributed by atoms with Crippen LogP contribution >= 0.6 is 0 Å². The molecular formula is C10H11N3O2S. The summed E-state index contributed by atoms with van der Waals surface area (Å²) in [6.07, 6.45) is 1.65. The summed E-state index contributed by atoms with van der Waals surface area (Å²) < 4.78 is 24.1.